The van der Waals surface area contributed by atoms with Crippen LogP contribution >= 0.6 is 23.6 Å². The van der Waals surface area contributed by atoms with Crippen LogP contribution < -0.4 is 10.6 Å². The van der Waals surface area contributed by atoms with Gasteiger partial charge in [-0.15, -0.1) is 11.3 Å². The molecule has 0 unspecified atom stereocenters. The fraction of sp³-hybridized carbons (Fsp3) is 0.182. The van der Waals surface area contributed by atoms with Gasteiger partial charge in [-0.2, -0.15) is 0 Å². The molecule has 0 amide bonds. The minimum atomic E-state index is 0.614. The fourth-order valence-electron chi connectivity index (χ4n) is 1.22. The van der Waals surface area contributed by atoms with E-state index in [1.807, 2.05) is 18.2 Å². The quantitative estimate of drug-likeness (QED) is 0.820. The predicted octanol–water partition coefficient (Wildman–Crippen LogP) is 2.51. The molecule has 3 nitrogen and oxygen atoms in total. The molecule has 84 valence electrons. The van der Waals surface area contributed by atoms with E-state index in [0.717, 1.165) is 12.3 Å². The third-order valence-corrected chi connectivity index (χ3v) is 3.17. The number of hydrogen-bond acceptors (Lipinski definition) is 3. The zero-order valence-corrected chi connectivity index (χ0v) is 10.2. The van der Waals surface area contributed by atoms with Gasteiger partial charge in [-0.3, -0.25) is 0 Å². The number of nitrogens with one attached hydrogen (secondary N) is 2. The third-order valence-electron chi connectivity index (χ3n) is 2.01. The molecule has 2 aromatic rings. The largest absolute Gasteiger partial charge is 0.467 e. The highest BCUT2D eigenvalue weighted by molar-refractivity contribution is 7.80. The van der Waals surface area contributed by atoms with Gasteiger partial charge >= 0.3 is 0 Å². The number of hydrogen-bond donors (Lipinski definition) is 2. The summed E-state index contributed by atoms with van der Waals surface area (Å²) in [5, 5.41) is 8.91. The van der Waals surface area contributed by atoms with Crippen molar-refractivity contribution in [2.45, 2.75) is 13.1 Å². The molecule has 0 saturated heterocycles. The summed E-state index contributed by atoms with van der Waals surface area (Å²) in [4.78, 5) is 1.27. The molecule has 0 spiro atoms. The SMILES string of the molecule is S=C(NCc1ccco1)NCc1cccs1. The minimum absolute atomic E-state index is 0.614. The van der Waals surface area contributed by atoms with Crippen molar-refractivity contribution in [2.75, 3.05) is 0 Å². The average molecular weight is 252 g/mol. The van der Waals surface area contributed by atoms with Crippen LogP contribution in [0, 0.1) is 0 Å². The minimum Gasteiger partial charge on any atom is -0.467 e. The van der Waals surface area contributed by atoms with Crippen LogP contribution in [-0.2, 0) is 13.1 Å². The first-order chi connectivity index (χ1) is 7.84. The van der Waals surface area contributed by atoms with Gasteiger partial charge in [0.05, 0.1) is 19.4 Å². The van der Waals surface area contributed by atoms with Crippen molar-refractivity contribution in [1.29, 1.82) is 0 Å². The zero-order valence-electron chi connectivity index (χ0n) is 8.60. The van der Waals surface area contributed by atoms with Gasteiger partial charge in [0.15, 0.2) is 5.11 Å². The summed E-state index contributed by atoms with van der Waals surface area (Å²) in [5.41, 5.74) is 0. The van der Waals surface area contributed by atoms with Gasteiger partial charge in [-0.25, -0.2) is 0 Å². The van der Waals surface area contributed by atoms with Crippen LogP contribution in [0.25, 0.3) is 0 Å². The maximum atomic E-state index is 5.19. The van der Waals surface area contributed by atoms with Crippen molar-refractivity contribution >= 4 is 28.7 Å². The van der Waals surface area contributed by atoms with Crippen molar-refractivity contribution in [1.82, 2.24) is 10.6 Å². The Labute approximate surface area is 103 Å². The van der Waals surface area contributed by atoms with E-state index >= 15 is 0 Å². The first kappa shape index (κ1) is 11.2. The van der Waals surface area contributed by atoms with Crippen LogP contribution in [0.5, 0.6) is 0 Å². The molecule has 16 heavy (non-hydrogen) atoms. The maximum Gasteiger partial charge on any atom is 0.166 e. The molecule has 0 radical (unpaired) electrons. The Morgan fingerprint density at radius 2 is 2.12 bits per heavy atom. The number of rotatable bonds is 4. The highest BCUT2D eigenvalue weighted by Gasteiger charge is 1.99. The van der Waals surface area contributed by atoms with Crippen LogP contribution in [0.4, 0.5) is 0 Å². The van der Waals surface area contributed by atoms with Crippen molar-refractivity contribution in [2.24, 2.45) is 0 Å². The maximum absolute atomic E-state index is 5.19. The van der Waals surface area contributed by atoms with Crippen LogP contribution in [0.2, 0.25) is 0 Å². The van der Waals surface area contributed by atoms with Crippen molar-refractivity contribution in [3.8, 4) is 0 Å². The standard InChI is InChI=1S/C11H12N2OS2/c15-11(12-7-9-3-1-5-14-9)13-8-10-4-2-6-16-10/h1-6H,7-8H2,(H2,12,13,15). The fourth-order valence-corrected chi connectivity index (χ4v) is 2.01. The van der Waals surface area contributed by atoms with E-state index in [4.69, 9.17) is 16.6 Å². The Balaban J connectivity index is 1.69. The van der Waals surface area contributed by atoms with Gasteiger partial charge in [0.1, 0.15) is 5.76 Å². The second-order valence-corrected chi connectivity index (χ2v) is 4.64. The molecule has 5 heteroatoms. The summed E-state index contributed by atoms with van der Waals surface area (Å²) < 4.78 is 5.19. The second-order valence-electron chi connectivity index (χ2n) is 3.19. The topological polar surface area (TPSA) is 37.2 Å². The highest BCUT2D eigenvalue weighted by Crippen LogP contribution is 2.07. The van der Waals surface area contributed by atoms with Gasteiger partial charge in [-0.1, -0.05) is 6.07 Å². The first-order valence-electron chi connectivity index (χ1n) is 4.91. The summed E-state index contributed by atoms with van der Waals surface area (Å²) in [5.74, 6) is 0.875. The van der Waals surface area contributed by atoms with E-state index in [2.05, 4.69) is 22.1 Å². The molecule has 0 aromatic carbocycles. The lowest BCUT2D eigenvalue weighted by Gasteiger charge is -2.07. The van der Waals surface area contributed by atoms with E-state index in [9.17, 15) is 0 Å². The van der Waals surface area contributed by atoms with E-state index in [-0.39, 0.29) is 0 Å². The Bertz CT molecular complexity index is 383. The molecule has 2 rings (SSSR count). The van der Waals surface area contributed by atoms with E-state index in [0.29, 0.717) is 11.7 Å². The Kier molecular flexibility index (Phi) is 3.96. The lowest BCUT2D eigenvalue weighted by atomic mass is 10.4. The molecular formula is C11H12N2OS2. The molecule has 0 atom stereocenters. The Morgan fingerprint density at radius 3 is 2.81 bits per heavy atom. The average Bonchev–Trinajstić information content (AvgIpc) is 2.96. The van der Waals surface area contributed by atoms with E-state index in [1.165, 1.54) is 4.88 Å². The summed E-state index contributed by atoms with van der Waals surface area (Å²) in [6.45, 7) is 1.38. The molecule has 2 aromatic heterocycles. The molecule has 2 heterocycles. The highest BCUT2D eigenvalue weighted by atomic mass is 32.1. The lowest BCUT2D eigenvalue weighted by molar-refractivity contribution is 0.502. The third kappa shape index (κ3) is 3.36. The van der Waals surface area contributed by atoms with Crippen molar-refractivity contribution < 1.29 is 4.42 Å². The van der Waals surface area contributed by atoms with Gasteiger partial charge in [0.2, 0.25) is 0 Å². The smallest absolute Gasteiger partial charge is 0.166 e. The van der Waals surface area contributed by atoms with Crippen molar-refractivity contribution in [3.63, 3.8) is 0 Å². The van der Waals surface area contributed by atoms with Gasteiger partial charge < -0.3 is 15.1 Å². The molecule has 0 aliphatic carbocycles. The van der Waals surface area contributed by atoms with E-state index < -0.39 is 0 Å². The predicted molar refractivity (Wildman–Crippen MR) is 69.3 cm³/mol. The van der Waals surface area contributed by atoms with Gasteiger partial charge in [0.25, 0.3) is 0 Å². The molecule has 2 N–H and O–H groups in total. The molecule has 0 aliphatic heterocycles. The molecule has 0 bridgehead atoms. The first-order valence-corrected chi connectivity index (χ1v) is 6.20. The zero-order chi connectivity index (χ0) is 11.2. The van der Waals surface area contributed by atoms with Crippen LogP contribution in [0.15, 0.2) is 40.3 Å². The number of furan rings is 1. The second kappa shape index (κ2) is 5.67. The van der Waals surface area contributed by atoms with Crippen LogP contribution in [0.1, 0.15) is 10.6 Å². The number of thiophene rings is 1. The van der Waals surface area contributed by atoms with Gasteiger partial charge in [0, 0.05) is 4.88 Å². The van der Waals surface area contributed by atoms with E-state index in [1.54, 1.807) is 17.6 Å². The Hall–Kier alpha value is -1.33. The Morgan fingerprint density at radius 1 is 1.25 bits per heavy atom. The summed E-state index contributed by atoms with van der Waals surface area (Å²) in [6.07, 6.45) is 1.65. The summed E-state index contributed by atoms with van der Waals surface area (Å²) >= 11 is 6.85. The van der Waals surface area contributed by atoms with Crippen molar-refractivity contribution in [3.05, 3.63) is 46.5 Å². The van der Waals surface area contributed by atoms with Crippen LogP contribution in [0.3, 0.4) is 0 Å². The molecule has 0 saturated carbocycles. The monoisotopic (exact) mass is 252 g/mol. The van der Waals surface area contributed by atoms with Crippen LogP contribution in [-0.4, -0.2) is 5.11 Å². The lowest BCUT2D eigenvalue weighted by Crippen LogP contribution is -2.33. The normalized spacial score (nSPS) is 10.0. The summed E-state index contributed by atoms with van der Waals surface area (Å²) in [6, 6.07) is 7.88. The number of thiocarbonyl (C=S) groups is 1. The van der Waals surface area contributed by atoms with Gasteiger partial charge in [-0.05, 0) is 35.8 Å². The summed E-state index contributed by atoms with van der Waals surface area (Å²) in [7, 11) is 0. The molecule has 0 fully saturated rings. The molecule has 0 aliphatic rings. The molecular weight excluding hydrogens is 240 g/mol.